The highest BCUT2D eigenvalue weighted by atomic mass is 16.5. The number of imidazole rings is 1. The number of hydrogen-bond donors (Lipinski definition) is 1. The van der Waals surface area contributed by atoms with Crippen molar-refractivity contribution in [3.63, 3.8) is 0 Å². The minimum absolute atomic E-state index is 0.110. The third kappa shape index (κ3) is 4.50. The zero-order chi connectivity index (χ0) is 21.9. The number of carbonyl (C=O) groups excluding carboxylic acids is 1. The summed E-state index contributed by atoms with van der Waals surface area (Å²) in [6.07, 6.45) is 7.70. The number of hydrazone groups is 1. The van der Waals surface area contributed by atoms with Crippen molar-refractivity contribution in [2.24, 2.45) is 11.0 Å². The largest absolute Gasteiger partial charge is 0.378 e. The number of ether oxygens (including phenoxy) is 1. The quantitative estimate of drug-likeness (QED) is 0.348. The summed E-state index contributed by atoms with van der Waals surface area (Å²) >= 11 is 0. The van der Waals surface area contributed by atoms with Gasteiger partial charge in [-0.2, -0.15) is 10.1 Å². The van der Waals surface area contributed by atoms with Gasteiger partial charge in [0.25, 0.3) is 0 Å². The number of benzene rings is 1. The Bertz CT molecular complexity index is 1140. The van der Waals surface area contributed by atoms with E-state index in [1.807, 2.05) is 28.8 Å². The van der Waals surface area contributed by atoms with Crippen molar-refractivity contribution in [3.8, 4) is 0 Å². The number of morpholine rings is 1. The topological polar surface area (TPSA) is 84.1 Å². The Morgan fingerprint density at radius 2 is 2.09 bits per heavy atom. The van der Waals surface area contributed by atoms with E-state index in [1.54, 1.807) is 6.21 Å². The van der Waals surface area contributed by atoms with Crippen LogP contribution in [0.15, 0.2) is 41.6 Å². The van der Waals surface area contributed by atoms with E-state index in [2.05, 4.69) is 39.5 Å². The normalized spacial score (nSPS) is 17.1. The summed E-state index contributed by atoms with van der Waals surface area (Å²) < 4.78 is 7.42. The highest BCUT2D eigenvalue weighted by Gasteiger charge is 2.24. The van der Waals surface area contributed by atoms with E-state index in [0.717, 1.165) is 37.4 Å². The summed E-state index contributed by atoms with van der Waals surface area (Å²) in [6.45, 7) is 4.82. The first-order valence-corrected chi connectivity index (χ1v) is 11.3. The Morgan fingerprint density at radius 3 is 2.84 bits per heavy atom. The number of nitrogens with one attached hydrogen (secondary N) is 1. The third-order valence-electron chi connectivity index (χ3n) is 6.15. The van der Waals surface area contributed by atoms with Crippen LogP contribution < -0.4 is 10.3 Å². The summed E-state index contributed by atoms with van der Waals surface area (Å²) in [6, 6.07) is 9.96. The molecule has 8 nitrogen and oxygen atoms in total. The molecule has 1 saturated heterocycles. The number of hydrogen-bond acceptors (Lipinski definition) is 7. The molecular weight excluding hydrogens is 404 g/mol. The highest BCUT2D eigenvalue weighted by molar-refractivity contribution is 5.95. The van der Waals surface area contributed by atoms with Crippen molar-refractivity contribution < 1.29 is 9.53 Å². The highest BCUT2D eigenvalue weighted by Crippen LogP contribution is 2.31. The molecule has 0 amide bonds. The number of fused-ring (bicyclic) bond motifs is 1. The Kier molecular flexibility index (Phi) is 5.85. The second-order valence-corrected chi connectivity index (χ2v) is 8.60. The molecule has 1 aliphatic heterocycles. The fraction of sp³-hybridized carbons (Fsp3) is 0.417. The molecule has 0 atom stereocenters. The van der Waals surface area contributed by atoms with E-state index in [4.69, 9.17) is 9.72 Å². The maximum atomic E-state index is 12.8. The lowest BCUT2D eigenvalue weighted by Crippen LogP contribution is -2.38. The molecule has 1 aliphatic carbocycles. The fourth-order valence-corrected chi connectivity index (χ4v) is 4.14. The van der Waals surface area contributed by atoms with Gasteiger partial charge in [-0.05, 0) is 18.4 Å². The fourth-order valence-electron chi connectivity index (χ4n) is 4.14. The van der Waals surface area contributed by atoms with Crippen molar-refractivity contribution >= 4 is 29.4 Å². The van der Waals surface area contributed by atoms with Crippen LogP contribution in [0.25, 0.3) is 5.65 Å². The molecule has 2 aromatic heterocycles. The molecule has 3 heterocycles. The second kappa shape index (κ2) is 9.08. The van der Waals surface area contributed by atoms with Crippen LogP contribution in [0.5, 0.6) is 0 Å². The van der Waals surface area contributed by atoms with Gasteiger partial charge in [0.2, 0.25) is 5.95 Å². The van der Waals surface area contributed by atoms with Gasteiger partial charge in [0, 0.05) is 31.8 Å². The SMILES string of the molecule is Cc1cccc(/C=N/Nc2cc3nc(C(=O)CC4CCC4)cn3c(N3CCOCC3)n2)c1. The van der Waals surface area contributed by atoms with Gasteiger partial charge in [0.05, 0.1) is 19.4 Å². The van der Waals surface area contributed by atoms with E-state index in [1.165, 1.54) is 12.0 Å². The van der Waals surface area contributed by atoms with Crippen LogP contribution in [0.1, 0.15) is 47.3 Å². The van der Waals surface area contributed by atoms with Gasteiger partial charge in [0.15, 0.2) is 11.6 Å². The molecule has 0 bridgehead atoms. The average Bonchev–Trinajstić information content (AvgIpc) is 3.21. The molecule has 2 aliphatic rings. The van der Waals surface area contributed by atoms with Gasteiger partial charge in [0.1, 0.15) is 11.3 Å². The molecule has 1 saturated carbocycles. The summed E-state index contributed by atoms with van der Waals surface area (Å²) in [7, 11) is 0. The average molecular weight is 433 g/mol. The molecule has 5 rings (SSSR count). The number of anilines is 2. The molecule has 0 unspecified atom stereocenters. The summed E-state index contributed by atoms with van der Waals surface area (Å²) in [5.41, 5.74) is 6.42. The van der Waals surface area contributed by atoms with E-state index >= 15 is 0 Å². The standard InChI is InChI=1S/C24H28N6O2/c1-17-4-2-7-19(12-17)15-25-28-22-14-23-26-20(21(31)13-18-5-3-6-18)16-30(23)24(27-22)29-8-10-32-11-9-29/h2,4,7,12,14-16,18,28H,3,5-6,8-11,13H2,1H3/b25-15+. The second-order valence-electron chi connectivity index (χ2n) is 8.60. The minimum Gasteiger partial charge on any atom is -0.378 e. The smallest absolute Gasteiger partial charge is 0.213 e. The first-order chi connectivity index (χ1) is 15.7. The maximum Gasteiger partial charge on any atom is 0.213 e. The molecule has 0 spiro atoms. The predicted molar refractivity (Wildman–Crippen MR) is 125 cm³/mol. The van der Waals surface area contributed by atoms with Crippen LogP contribution in [-0.4, -0.2) is 52.7 Å². The van der Waals surface area contributed by atoms with Crippen LogP contribution >= 0.6 is 0 Å². The van der Waals surface area contributed by atoms with Crippen molar-refractivity contribution in [2.75, 3.05) is 36.6 Å². The van der Waals surface area contributed by atoms with E-state index in [9.17, 15) is 4.79 Å². The van der Waals surface area contributed by atoms with Crippen molar-refractivity contribution in [2.45, 2.75) is 32.6 Å². The first-order valence-electron chi connectivity index (χ1n) is 11.3. The lowest BCUT2D eigenvalue weighted by molar-refractivity contribution is 0.0932. The molecular formula is C24H28N6O2. The van der Waals surface area contributed by atoms with E-state index < -0.39 is 0 Å². The van der Waals surface area contributed by atoms with Crippen LogP contribution in [0, 0.1) is 12.8 Å². The van der Waals surface area contributed by atoms with Crippen molar-refractivity contribution in [1.82, 2.24) is 14.4 Å². The molecule has 1 aromatic carbocycles. The van der Waals surface area contributed by atoms with Gasteiger partial charge in [-0.15, -0.1) is 0 Å². The van der Waals surface area contributed by atoms with Crippen LogP contribution in [0.2, 0.25) is 0 Å². The molecule has 0 radical (unpaired) electrons. The summed E-state index contributed by atoms with van der Waals surface area (Å²) in [5.74, 6) is 1.95. The van der Waals surface area contributed by atoms with Crippen molar-refractivity contribution in [3.05, 3.63) is 53.3 Å². The molecule has 32 heavy (non-hydrogen) atoms. The zero-order valence-corrected chi connectivity index (χ0v) is 18.3. The Morgan fingerprint density at radius 1 is 1.25 bits per heavy atom. The summed E-state index contributed by atoms with van der Waals surface area (Å²) in [5, 5.41) is 4.36. The van der Waals surface area contributed by atoms with Crippen LogP contribution in [0.3, 0.4) is 0 Å². The number of carbonyl (C=O) groups is 1. The number of aromatic nitrogens is 3. The van der Waals surface area contributed by atoms with Gasteiger partial charge in [-0.25, -0.2) is 4.98 Å². The minimum atomic E-state index is 0.110. The molecule has 8 heteroatoms. The zero-order valence-electron chi connectivity index (χ0n) is 18.3. The molecule has 3 aromatic rings. The van der Waals surface area contributed by atoms with E-state index in [0.29, 0.717) is 42.7 Å². The molecule has 2 fully saturated rings. The number of nitrogens with zero attached hydrogens (tertiary/aromatic N) is 5. The van der Waals surface area contributed by atoms with Crippen LogP contribution in [0.4, 0.5) is 11.8 Å². The first kappa shape index (κ1) is 20.6. The van der Waals surface area contributed by atoms with E-state index in [-0.39, 0.29) is 5.78 Å². The Hall–Kier alpha value is -3.26. The Labute approximate surface area is 187 Å². The lowest BCUT2D eigenvalue weighted by Gasteiger charge is -2.28. The van der Waals surface area contributed by atoms with Gasteiger partial charge >= 0.3 is 0 Å². The number of rotatable bonds is 7. The lowest BCUT2D eigenvalue weighted by atomic mass is 9.81. The van der Waals surface area contributed by atoms with Crippen LogP contribution in [-0.2, 0) is 4.74 Å². The maximum absolute atomic E-state index is 12.8. The van der Waals surface area contributed by atoms with Gasteiger partial charge in [-0.3, -0.25) is 14.6 Å². The molecule has 166 valence electrons. The Balaban J connectivity index is 1.43. The van der Waals surface area contributed by atoms with Gasteiger partial charge < -0.3 is 9.64 Å². The molecule has 1 N–H and O–H groups in total. The third-order valence-corrected chi connectivity index (χ3v) is 6.15. The summed E-state index contributed by atoms with van der Waals surface area (Å²) in [4.78, 5) is 24.4. The predicted octanol–water partition coefficient (Wildman–Crippen LogP) is 3.69. The number of ketones is 1. The number of Topliss-reactive ketones (excluding diaryl/α,β-unsaturated/α-hetero) is 1. The number of aryl methyl sites for hydroxylation is 1. The van der Waals surface area contributed by atoms with Crippen molar-refractivity contribution in [1.29, 1.82) is 0 Å². The monoisotopic (exact) mass is 432 g/mol. The van der Waals surface area contributed by atoms with Gasteiger partial charge in [-0.1, -0.05) is 49.1 Å².